The first-order chi connectivity index (χ1) is 13.1. The van der Waals surface area contributed by atoms with Gasteiger partial charge in [-0.2, -0.15) is 0 Å². The van der Waals surface area contributed by atoms with Gasteiger partial charge >= 0.3 is 0 Å². The van der Waals surface area contributed by atoms with E-state index in [1.54, 1.807) is 0 Å². The summed E-state index contributed by atoms with van der Waals surface area (Å²) in [6.45, 7) is 4.07. The van der Waals surface area contributed by atoms with E-state index in [1.165, 1.54) is 12.8 Å². The number of nitrogens with one attached hydrogen (secondary N) is 1. The number of nitrogens with zero attached hydrogens (tertiary/aromatic N) is 1. The second-order valence-electron chi connectivity index (χ2n) is 7.95. The molecule has 1 saturated carbocycles. The Kier molecular flexibility index (Phi) is 10.3. The molecule has 156 valence electrons. The standard InChI is InChI=1S/C20H37N3O4/c21-17(8-9-23-10-13-27-14-11-23)20(26)22-18(7-3-4-12-24)19(25)15-16-5-1-2-6-16/h16-18,24H,1-15,21H2,(H,22,26)/t17-,18-/m0/s1. The summed E-state index contributed by atoms with van der Waals surface area (Å²) in [6.07, 6.45) is 7.70. The van der Waals surface area contributed by atoms with Crippen LogP contribution in [0.4, 0.5) is 0 Å². The van der Waals surface area contributed by atoms with E-state index in [-0.39, 0.29) is 18.3 Å². The number of hydrogen-bond acceptors (Lipinski definition) is 6. The summed E-state index contributed by atoms with van der Waals surface area (Å²) in [5.41, 5.74) is 6.08. The van der Waals surface area contributed by atoms with Crippen LogP contribution in [0.15, 0.2) is 0 Å². The molecular weight excluding hydrogens is 346 g/mol. The third kappa shape index (κ3) is 8.25. The average molecular weight is 384 g/mol. The van der Waals surface area contributed by atoms with Gasteiger partial charge in [0.15, 0.2) is 5.78 Å². The van der Waals surface area contributed by atoms with Crippen LogP contribution in [-0.4, -0.2) is 73.2 Å². The third-order valence-electron chi connectivity index (χ3n) is 5.77. The first-order valence-electron chi connectivity index (χ1n) is 10.6. The van der Waals surface area contributed by atoms with E-state index in [4.69, 9.17) is 15.6 Å². The number of Topliss-reactive ketones (excluding diaryl/α,β-unsaturated/α-hetero) is 1. The van der Waals surface area contributed by atoms with Gasteiger partial charge in [0.1, 0.15) is 0 Å². The third-order valence-corrected chi connectivity index (χ3v) is 5.77. The number of aliphatic hydroxyl groups is 1. The number of morpholine rings is 1. The van der Waals surface area contributed by atoms with Crippen molar-refractivity contribution < 1.29 is 19.4 Å². The molecule has 4 N–H and O–H groups in total. The summed E-state index contributed by atoms with van der Waals surface area (Å²) >= 11 is 0. The Hall–Kier alpha value is -1.02. The maximum absolute atomic E-state index is 12.7. The monoisotopic (exact) mass is 383 g/mol. The van der Waals surface area contributed by atoms with Crippen molar-refractivity contribution in [1.29, 1.82) is 0 Å². The Morgan fingerprint density at radius 3 is 2.52 bits per heavy atom. The van der Waals surface area contributed by atoms with Crippen molar-refractivity contribution in [2.45, 2.75) is 69.9 Å². The van der Waals surface area contributed by atoms with E-state index in [0.29, 0.717) is 31.6 Å². The molecule has 7 heteroatoms. The number of amides is 1. The van der Waals surface area contributed by atoms with E-state index in [2.05, 4.69) is 10.2 Å². The minimum absolute atomic E-state index is 0.108. The van der Waals surface area contributed by atoms with Gasteiger partial charge in [-0.25, -0.2) is 0 Å². The molecule has 2 fully saturated rings. The zero-order valence-electron chi connectivity index (χ0n) is 16.5. The predicted octanol–water partition coefficient (Wildman–Crippen LogP) is 0.833. The lowest BCUT2D eigenvalue weighted by molar-refractivity contribution is -0.129. The van der Waals surface area contributed by atoms with Crippen LogP contribution < -0.4 is 11.1 Å². The van der Waals surface area contributed by atoms with E-state index >= 15 is 0 Å². The van der Waals surface area contributed by atoms with Crippen LogP contribution in [0.2, 0.25) is 0 Å². The van der Waals surface area contributed by atoms with Gasteiger partial charge in [0.25, 0.3) is 0 Å². The van der Waals surface area contributed by atoms with Crippen molar-refractivity contribution in [2.75, 3.05) is 39.5 Å². The van der Waals surface area contributed by atoms with E-state index in [9.17, 15) is 9.59 Å². The maximum Gasteiger partial charge on any atom is 0.237 e. The topological polar surface area (TPSA) is 105 Å². The fourth-order valence-electron chi connectivity index (χ4n) is 3.97. The van der Waals surface area contributed by atoms with Crippen molar-refractivity contribution >= 4 is 11.7 Å². The molecular formula is C20H37N3O4. The van der Waals surface area contributed by atoms with Crippen LogP contribution in [0.5, 0.6) is 0 Å². The molecule has 2 atom stereocenters. The second kappa shape index (κ2) is 12.4. The van der Waals surface area contributed by atoms with E-state index in [0.717, 1.165) is 52.1 Å². The minimum Gasteiger partial charge on any atom is -0.396 e. The van der Waals surface area contributed by atoms with Gasteiger partial charge in [0, 0.05) is 32.7 Å². The number of aliphatic hydroxyl groups excluding tert-OH is 1. The van der Waals surface area contributed by atoms with Gasteiger partial charge < -0.3 is 20.9 Å². The predicted molar refractivity (Wildman–Crippen MR) is 104 cm³/mol. The zero-order valence-corrected chi connectivity index (χ0v) is 16.5. The van der Waals surface area contributed by atoms with E-state index in [1.807, 2.05) is 0 Å². The van der Waals surface area contributed by atoms with Gasteiger partial charge in [-0.05, 0) is 31.6 Å². The summed E-state index contributed by atoms with van der Waals surface area (Å²) in [4.78, 5) is 27.5. The molecule has 0 spiro atoms. The number of carbonyl (C=O) groups excluding carboxylic acids is 2. The molecule has 2 rings (SSSR count). The van der Waals surface area contributed by atoms with Crippen LogP contribution in [-0.2, 0) is 14.3 Å². The molecule has 0 aromatic rings. The Labute approximate surface area is 163 Å². The van der Waals surface area contributed by atoms with Crippen molar-refractivity contribution in [3.63, 3.8) is 0 Å². The van der Waals surface area contributed by atoms with Crippen molar-refractivity contribution in [2.24, 2.45) is 11.7 Å². The Morgan fingerprint density at radius 1 is 1.15 bits per heavy atom. The van der Waals surface area contributed by atoms with Crippen LogP contribution in [0, 0.1) is 5.92 Å². The van der Waals surface area contributed by atoms with Gasteiger partial charge in [-0.15, -0.1) is 0 Å². The van der Waals surface area contributed by atoms with Gasteiger partial charge in [-0.3, -0.25) is 14.5 Å². The maximum atomic E-state index is 12.7. The lowest BCUT2D eigenvalue weighted by Gasteiger charge is -2.27. The van der Waals surface area contributed by atoms with Crippen molar-refractivity contribution in [3.8, 4) is 0 Å². The van der Waals surface area contributed by atoms with Gasteiger partial charge in [0.05, 0.1) is 25.3 Å². The molecule has 0 radical (unpaired) electrons. The molecule has 1 heterocycles. The number of ether oxygens (including phenoxy) is 1. The lowest BCUT2D eigenvalue weighted by atomic mass is 9.94. The Morgan fingerprint density at radius 2 is 1.85 bits per heavy atom. The van der Waals surface area contributed by atoms with Crippen LogP contribution >= 0.6 is 0 Å². The number of unbranched alkanes of at least 4 members (excludes halogenated alkanes) is 1. The van der Waals surface area contributed by atoms with Gasteiger partial charge in [-0.1, -0.05) is 25.7 Å². The number of carbonyl (C=O) groups is 2. The number of hydrogen-bond donors (Lipinski definition) is 3. The second-order valence-corrected chi connectivity index (χ2v) is 7.95. The van der Waals surface area contributed by atoms with Crippen molar-refractivity contribution in [1.82, 2.24) is 10.2 Å². The average Bonchev–Trinajstić information content (AvgIpc) is 3.19. The Balaban J connectivity index is 1.79. The van der Waals surface area contributed by atoms with Crippen LogP contribution in [0.3, 0.4) is 0 Å². The fraction of sp³-hybridized carbons (Fsp3) is 0.900. The SMILES string of the molecule is N[C@@H](CCN1CCOCC1)C(=O)N[C@@H](CCCCO)C(=O)CC1CCCC1. The molecule has 0 aromatic carbocycles. The molecule has 1 aliphatic carbocycles. The zero-order chi connectivity index (χ0) is 19.5. The van der Waals surface area contributed by atoms with Gasteiger partial charge in [0.2, 0.25) is 5.91 Å². The van der Waals surface area contributed by atoms with Crippen LogP contribution in [0.25, 0.3) is 0 Å². The number of nitrogens with two attached hydrogens (primary N) is 1. The Bertz CT molecular complexity index is 449. The van der Waals surface area contributed by atoms with Crippen LogP contribution in [0.1, 0.15) is 57.8 Å². The largest absolute Gasteiger partial charge is 0.396 e. The van der Waals surface area contributed by atoms with Crippen molar-refractivity contribution in [3.05, 3.63) is 0 Å². The summed E-state index contributed by atoms with van der Waals surface area (Å²) in [7, 11) is 0. The first-order valence-corrected chi connectivity index (χ1v) is 10.6. The molecule has 27 heavy (non-hydrogen) atoms. The molecule has 0 unspecified atom stereocenters. The number of rotatable bonds is 12. The summed E-state index contributed by atoms with van der Waals surface area (Å²) in [6, 6.07) is -1.08. The first kappa shape index (κ1) is 22.3. The normalized spacial score (nSPS) is 21.1. The molecule has 0 bridgehead atoms. The highest BCUT2D eigenvalue weighted by Crippen LogP contribution is 2.28. The molecule has 1 amide bonds. The highest BCUT2D eigenvalue weighted by molar-refractivity contribution is 5.90. The lowest BCUT2D eigenvalue weighted by Crippen LogP contribution is -2.50. The summed E-state index contributed by atoms with van der Waals surface area (Å²) < 4.78 is 5.33. The minimum atomic E-state index is -0.604. The summed E-state index contributed by atoms with van der Waals surface area (Å²) in [5, 5.41) is 11.9. The smallest absolute Gasteiger partial charge is 0.237 e. The fourth-order valence-corrected chi connectivity index (χ4v) is 3.97. The quantitative estimate of drug-likeness (QED) is 0.431. The number of ketones is 1. The highest BCUT2D eigenvalue weighted by atomic mass is 16.5. The van der Waals surface area contributed by atoms with E-state index < -0.39 is 12.1 Å². The molecule has 1 aliphatic heterocycles. The molecule has 7 nitrogen and oxygen atoms in total. The molecule has 2 aliphatic rings. The molecule has 0 aromatic heterocycles. The summed E-state index contributed by atoms with van der Waals surface area (Å²) in [5.74, 6) is 0.343. The molecule has 1 saturated heterocycles. The highest BCUT2D eigenvalue weighted by Gasteiger charge is 2.27.